The number of anilines is 1. The molecule has 3 fully saturated rings. The van der Waals surface area contributed by atoms with Gasteiger partial charge in [0.25, 0.3) is 11.5 Å². The average Bonchev–Trinajstić information content (AvgIpc) is 3.52. The number of piperidine rings is 2. The van der Waals surface area contributed by atoms with Crippen LogP contribution in [0.25, 0.3) is 37.3 Å². The summed E-state index contributed by atoms with van der Waals surface area (Å²) in [6.45, 7) is 4.02. The van der Waals surface area contributed by atoms with Crippen molar-refractivity contribution in [3.63, 3.8) is 0 Å². The molecule has 3 N–H and O–H groups in total. The monoisotopic (exact) mass is 556 g/mol. The number of hydrogen-bond donors (Lipinski definition) is 3. The van der Waals surface area contributed by atoms with Gasteiger partial charge in [-0.15, -0.1) is 11.3 Å². The molecule has 0 unspecified atom stereocenters. The van der Waals surface area contributed by atoms with Gasteiger partial charge in [0, 0.05) is 56.9 Å². The molecule has 12 heteroatoms. The van der Waals surface area contributed by atoms with Crippen molar-refractivity contribution in [1.82, 2.24) is 34.8 Å². The fourth-order valence-electron chi connectivity index (χ4n) is 6.10. The summed E-state index contributed by atoms with van der Waals surface area (Å²) in [6.07, 6.45) is 10.2. The minimum Gasteiger partial charge on any atom is -0.351 e. The van der Waals surface area contributed by atoms with E-state index in [9.17, 15) is 14.4 Å². The van der Waals surface area contributed by atoms with Gasteiger partial charge in [0.1, 0.15) is 21.3 Å². The molecule has 3 aliphatic rings. The van der Waals surface area contributed by atoms with Crippen LogP contribution in [0.3, 0.4) is 0 Å². The first-order valence-corrected chi connectivity index (χ1v) is 14.3. The number of H-pyrrole nitrogens is 1. The van der Waals surface area contributed by atoms with E-state index in [0.29, 0.717) is 56.3 Å². The number of fused-ring (bicyclic) bond motifs is 8. The van der Waals surface area contributed by atoms with Gasteiger partial charge in [0.2, 0.25) is 5.91 Å². The molecule has 8 rings (SSSR count). The van der Waals surface area contributed by atoms with E-state index in [4.69, 9.17) is 0 Å². The second-order valence-corrected chi connectivity index (χ2v) is 11.7. The Hall–Kier alpha value is -4.16. The summed E-state index contributed by atoms with van der Waals surface area (Å²) in [7, 11) is 0. The van der Waals surface area contributed by atoms with Gasteiger partial charge in [0.05, 0.1) is 21.7 Å². The van der Waals surface area contributed by atoms with Crippen LogP contribution in [0.15, 0.2) is 41.6 Å². The molecule has 2 saturated heterocycles. The van der Waals surface area contributed by atoms with Gasteiger partial charge in [0.15, 0.2) is 0 Å². The molecule has 204 valence electrons. The quantitative estimate of drug-likeness (QED) is 0.291. The van der Waals surface area contributed by atoms with E-state index in [2.05, 4.69) is 35.6 Å². The van der Waals surface area contributed by atoms with Crippen LogP contribution in [0.4, 0.5) is 5.69 Å². The van der Waals surface area contributed by atoms with Crippen molar-refractivity contribution < 1.29 is 9.59 Å². The predicted molar refractivity (Wildman–Crippen MR) is 154 cm³/mol. The Labute approximate surface area is 232 Å². The molecule has 1 saturated carbocycles. The molecule has 1 aliphatic carbocycles. The number of aromatic nitrogens is 5. The predicted octanol–water partition coefficient (Wildman–Crippen LogP) is 3.41. The van der Waals surface area contributed by atoms with Crippen LogP contribution in [0.2, 0.25) is 0 Å². The topological polar surface area (TPSA) is 137 Å². The van der Waals surface area contributed by atoms with Gasteiger partial charge in [-0.25, -0.2) is 4.52 Å². The second kappa shape index (κ2) is 9.79. The maximum atomic E-state index is 13.2. The van der Waals surface area contributed by atoms with Crippen LogP contribution in [0, 0.1) is 5.92 Å². The number of aromatic amines is 1. The highest BCUT2D eigenvalue weighted by Gasteiger charge is 2.33. The SMILES string of the molecule is CC(=O)Nc1ccnc(-c2cn3nc4c5ncc(C(=O)NCCN6CC7CCC6CC7)cc5[nH]c(=O)c4c3s2)c1. The Morgan fingerprint density at radius 2 is 2.00 bits per heavy atom. The maximum Gasteiger partial charge on any atom is 0.261 e. The third kappa shape index (κ3) is 4.42. The number of nitrogens with one attached hydrogen (secondary N) is 3. The van der Waals surface area contributed by atoms with Crippen molar-refractivity contribution >= 4 is 55.6 Å². The molecule has 0 atom stereocenters. The smallest absolute Gasteiger partial charge is 0.261 e. The maximum absolute atomic E-state index is 13.2. The molecule has 2 amide bonds. The Kier molecular flexibility index (Phi) is 6.08. The number of thiazole rings is 1. The zero-order valence-corrected chi connectivity index (χ0v) is 22.8. The van der Waals surface area contributed by atoms with Crippen LogP contribution >= 0.6 is 11.3 Å². The van der Waals surface area contributed by atoms with Gasteiger partial charge in [-0.05, 0) is 49.8 Å². The van der Waals surface area contributed by atoms with E-state index < -0.39 is 0 Å². The summed E-state index contributed by atoms with van der Waals surface area (Å²) in [5.41, 5.74) is 2.87. The van der Waals surface area contributed by atoms with E-state index in [1.807, 2.05) is 0 Å². The fourth-order valence-corrected chi connectivity index (χ4v) is 7.16. The molecule has 2 bridgehead atoms. The van der Waals surface area contributed by atoms with Crippen molar-refractivity contribution in [2.75, 3.05) is 25.0 Å². The summed E-state index contributed by atoms with van der Waals surface area (Å²) < 4.78 is 1.65. The molecule has 2 aliphatic heterocycles. The Bertz CT molecular complexity index is 1850. The minimum atomic E-state index is -0.301. The van der Waals surface area contributed by atoms with Crippen LogP contribution in [-0.2, 0) is 4.79 Å². The van der Waals surface area contributed by atoms with Crippen LogP contribution in [0.1, 0.15) is 43.0 Å². The van der Waals surface area contributed by atoms with Crippen LogP contribution < -0.4 is 16.2 Å². The second-order valence-electron chi connectivity index (χ2n) is 10.7. The van der Waals surface area contributed by atoms with Gasteiger partial charge in [-0.1, -0.05) is 0 Å². The van der Waals surface area contributed by atoms with Crippen LogP contribution in [-0.4, -0.2) is 67.0 Å². The average molecular weight is 557 g/mol. The van der Waals surface area contributed by atoms with E-state index in [-0.39, 0.29) is 17.4 Å². The third-order valence-corrected chi connectivity index (χ3v) is 9.12. The normalized spacial score (nSPS) is 19.0. The largest absolute Gasteiger partial charge is 0.351 e. The van der Waals surface area contributed by atoms with E-state index >= 15 is 0 Å². The molecule has 40 heavy (non-hydrogen) atoms. The summed E-state index contributed by atoms with van der Waals surface area (Å²) in [5, 5.41) is 10.9. The molecule has 5 aromatic heterocycles. The number of amides is 2. The summed E-state index contributed by atoms with van der Waals surface area (Å²) in [5.74, 6) is 0.434. The number of pyridine rings is 3. The van der Waals surface area contributed by atoms with Crippen molar-refractivity contribution in [2.24, 2.45) is 5.92 Å². The van der Waals surface area contributed by atoms with E-state index in [1.54, 1.807) is 35.1 Å². The molecular weight excluding hydrogens is 528 g/mol. The van der Waals surface area contributed by atoms with Gasteiger partial charge >= 0.3 is 0 Å². The summed E-state index contributed by atoms with van der Waals surface area (Å²) in [6, 6.07) is 5.81. The standard InChI is InChI=1S/C28H28N8O3S/c1-15(37)32-18-6-7-29-20(11-18)22-14-36-28(40-22)23-25(34-36)24-21(33-27(23)39)10-17(12-31-24)26(38)30-8-9-35-13-16-2-4-19(35)5-3-16/h6-7,10-12,14,16,19H,2-5,8-9,13H2,1H3,(H,30,38)(H,33,39)(H,29,32,37). The lowest BCUT2D eigenvalue weighted by atomic mass is 9.80. The highest BCUT2D eigenvalue weighted by atomic mass is 32.1. The summed E-state index contributed by atoms with van der Waals surface area (Å²) in [4.78, 5) is 53.3. The van der Waals surface area contributed by atoms with Crippen molar-refractivity contribution in [2.45, 2.75) is 38.6 Å². The fraction of sp³-hybridized carbons (Fsp3) is 0.357. The number of carbonyl (C=O) groups is 2. The van der Waals surface area contributed by atoms with Crippen molar-refractivity contribution in [3.8, 4) is 10.6 Å². The molecule has 0 spiro atoms. The third-order valence-electron chi connectivity index (χ3n) is 8.00. The van der Waals surface area contributed by atoms with Crippen molar-refractivity contribution in [1.29, 1.82) is 0 Å². The minimum absolute atomic E-state index is 0.167. The Morgan fingerprint density at radius 1 is 1.15 bits per heavy atom. The first kappa shape index (κ1) is 24.9. The van der Waals surface area contributed by atoms with E-state index in [1.165, 1.54) is 50.1 Å². The number of carbonyl (C=O) groups excluding carboxylic acids is 2. The molecule has 0 aromatic carbocycles. The number of nitrogens with zero attached hydrogens (tertiary/aromatic N) is 5. The lowest BCUT2D eigenvalue weighted by molar-refractivity contribution is -0.114. The molecule has 0 radical (unpaired) electrons. The number of hydrogen-bond acceptors (Lipinski definition) is 8. The first-order chi connectivity index (χ1) is 19.4. The zero-order chi connectivity index (χ0) is 27.4. The highest BCUT2D eigenvalue weighted by molar-refractivity contribution is 7.21. The first-order valence-electron chi connectivity index (χ1n) is 13.5. The highest BCUT2D eigenvalue weighted by Crippen LogP contribution is 2.35. The molecular formula is C28H28N8O3S. The van der Waals surface area contributed by atoms with Gasteiger partial charge in [-0.3, -0.25) is 29.3 Å². The van der Waals surface area contributed by atoms with E-state index in [0.717, 1.165) is 23.9 Å². The molecule has 7 heterocycles. The zero-order valence-electron chi connectivity index (χ0n) is 21.9. The Balaban J connectivity index is 1.13. The Morgan fingerprint density at radius 3 is 2.77 bits per heavy atom. The van der Waals surface area contributed by atoms with Gasteiger partial charge < -0.3 is 15.6 Å². The lowest BCUT2D eigenvalue weighted by Crippen LogP contribution is -2.50. The van der Waals surface area contributed by atoms with Crippen LogP contribution in [0.5, 0.6) is 0 Å². The molecule has 11 nitrogen and oxygen atoms in total. The van der Waals surface area contributed by atoms with Crippen molar-refractivity contribution in [3.05, 3.63) is 52.7 Å². The number of rotatable bonds is 6. The summed E-state index contributed by atoms with van der Waals surface area (Å²) >= 11 is 1.38. The lowest BCUT2D eigenvalue weighted by Gasteiger charge is -2.45. The van der Waals surface area contributed by atoms with Gasteiger partial charge in [-0.2, -0.15) is 5.10 Å². The molecule has 5 aromatic rings.